The smallest absolute Gasteiger partial charge is 0.243 e. The number of carbonyl (C=O) groups excluding carboxylic acids is 1. The molecule has 2 saturated carbocycles. The van der Waals surface area contributed by atoms with E-state index in [1.165, 1.54) is 19.3 Å². The van der Waals surface area contributed by atoms with Crippen LogP contribution in [0.5, 0.6) is 0 Å². The highest BCUT2D eigenvalue weighted by Crippen LogP contribution is 2.50. The van der Waals surface area contributed by atoms with E-state index in [2.05, 4.69) is 0 Å². The van der Waals surface area contributed by atoms with Crippen LogP contribution in [-0.4, -0.2) is 42.6 Å². The van der Waals surface area contributed by atoms with Gasteiger partial charge in [0.1, 0.15) is 5.54 Å². The van der Waals surface area contributed by atoms with Crippen LogP contribution >= 0.6 is 12.4 Å². The first-order chi connectivity index (χ1) is 8.83. The molecule has 2 rings (SSSR count). The fraction of sp³-hybridized carbons (Fsp3) is 0.933. The molecule has 2 atom stereocenters. The minimum atomic E-state index is -0.759. The van der Waals surface area contributed by atoms with Crippen molar-refractivity contribution in [2.75, 3.05) is 20.2 Å². The zero-order valence-corrected chi connectivity index (χ0v) is 14.0. The predicted molar refractivity (Wildman–Crippen MR) is 83.0 cm³/mol. The summed E-state index contributed by atoms with van der Waals surface area (Å²) in [7, 11) is 1.89. The average Bonchev–Trinajstić information content (AvgIpc) is 2.32. The van der Waals surface area contributed by atoms with E-state index < -0.39 is 5.54 Å². The number of nitrogens with two attached hydrogens (primary N) is 1. The van der Waals surface area contributed by atoms with E-state index in [4.69, 9.17) is 10.5 Å². The van der Waals surface area contributed by atoms with E-state index in [0.717, 1.165) is 6.54 Å². The van der Waals surface area contributed by atoms with Gasteiger partial charge < -0.3 is 15.4 Å². The number of amides is 1. The summed E-state index contributed by atoms with van der Waals surface area (Å²) >= 11 is 0. The molecule has 4 nitrogen and oxygen atoms in total. The number of carbonyl (C=O) groups is 1. The van der Waals surface area contributed by atoms with Crippen molar-refractivity contribution in [2.45, 2.75) is 58.1 Å². The van der Waals surface area contributed by atoms with Crippen molar-refractivity contribution in [1.29, 1.82) is 0 Å². The zero-order valence-electron chi connectivity index (χ0n) is 13.1. The highest BCUT2D eigenvalue weighted by atomic mass is 35.5. The van der Waals surface area contributed by atoms with Crippen molar-refractivity contribution < 1.29 is 9.53 Å². The van der Waals surface area contributed by atoms with Gasteiger partial charge in [0.2, 0.25) is 5.91 Å². The van der Waals surface area contributed by atoms with E-state index in [-0.39, 0.29) is 29.8 Å². The van der Waals surface area contributed by atoms with Crippen molar-refractivity contribution in [3.63, 3.8) is 0 Å². The van der Waals surface area contributed by atoms with Gasteiger partial charge in [-0.25, -0.2) is 0 Å². The van der Waals surface area contributed by atoms with Crippen molar-refractivity contribution >= 4 is 18.3 Å². The number of hydrogen-bond acceptors (Lipinski definition) is 3. The lowest BCUT2D eigenvalue weighted by Crippen LogP contribution is -2.76. The molecule has 1 amide bonds. The fourth-order valence-electron chi connectivity index (χ4n) is 3.28. The second-order valence-corrected chi connectivity index (χ2v) is 6.82. The molecule has 0 radical (unpaired) electrons. The second kappa shape index (κ2) is 6.20. The molecular weight excluding hydrogens is 276 g/mol. The fourth-order valence-corrected chi connectivity index (χ4v) is 3.28. The van der Waals surface area contributed by atoms with Gasteiger partial charge in [-0.2, -0.15) is 0 Å². The maximum atomic E-state index is 12.6. The van der Waals surface area contributed by atoms with Gasteiger partial charge in [-0.1, -0.05) is 20.3 Å². The van der Waals surface area contributed by atoms with Crippen LogP contribution < -0.4 is 5.73 Å². The third-order valence-electron chi connectivity index (χ3n) is 5.32. The molecule has 0 spiro atoms. The number of rotatable bonds is 5. The molecule has 0 saturated heterocycles. The van der Waals surface area contributed by atoms with Gasteiger partial charge in [-0.05, 0) is 25.7 Å². The SMILES string of the molecule is CCOC1CC(N)(C(=O)N(C)CC2CCC2)C1(C)C.Cl. The number of hydrogen-bond donors (Lipinski definition) is 1. The van der Waals surface area contributed by atoms with Crippen LogP contribution in [0.2, 0.25) is 0 Å². The summed E-state index contributed by atoms with van der Waals surface area (Å²) in [6.45, 7) is 7.61. The molecule has 0 aliphatic heterocycles. The Morgan fingerprint density at radius 2 is 2.00 bits per heavy atom. The largest absolute Gasteiger partial charge is 0.378 e. The van der Waals surface area contributed by atoms with Gasteiger partial charge in [0, 0.05) is 32.0 Å². The summed E-state index contributed by atoms with van der Waals surface area (Å²) in [6.07, 6.45) is 4.55. The highest BCUT2D eigenvalue weighted by molar-refractivity contribution is 5.88. The first-order valence-corrected chi connectivity index (χ1v) is 7.49. The number of nitrogens with zero attached hydrogens (tertiary/aromatic N) is 1. The molecule has 0 aromatic heterocycles. The van der Waals surface area contributed by atoms with Crippen LogP contribution in [0.3, 0.4) is 0 Å². The van der Waals surface area contributed by atoms with Crippen LogP contribution in [0.4, 0.5) is 0 Å². The summed E-state index contributed by atoms with van der Waals surface area (Å²) in [4.78, 5) is 14.5. The van der Waals surface area contributed by atoms with E-state index in [1.807, 2.05) is 32.7 Å². The highest BCUT2D eigenvalue weighted by Gasteiger charge is 2.63. The summed E-state index contributed by atoms with van der Waals surface area (Å²) in [5.74, 6) is 0.767. The zero-order chi connectivity index (χ0) is 14.3. The Bertz CT molecular complexity index is 358. The molecule has 2 aliphatic carbocycles. The van der Waals surface area contributed by atoms with E-state index >= 15 is 0 Å². The summed E-state index contributed by atoms with van der Waals surface area (Å²) < 4.78 is 5.68. The van der Waals surface area contributed by atoms with Gasteiger partial charge in [0.15, 0.2) is 0 Å². The van der Waals surface area contributed by atoms with Crippen molar-refractivity contribution in [1.82, 2.24) is 4.90 Å². The first kappa shape index (κ1) is 17.7. The van der Waals surface area contributed by atoms with Crippen molar-refractivity contribution in [3.8, 4) is 0 Å². The predicted octanol–water partition coefficient (Wildman–Crippen LogP) is 2.20. The Morgan fingerprint density at radius 1 is 1.40 bits per heavy atom. The lowest BCUT2D eigenvalue weighted by molar-refractivity contribution is -0.178. The Balaban J connectivity index is 0.00000200. The van der Waals surface area contributed by atoms with Crippen molar-refractivity contribution in [2.24, 2.45) is 17.1 Å². The molecular formula is C15H29ClN2O2. The third-order valence-corrected chi connectivity index (χ3v) is 5.32. The van der Waals surface area contributed by atoms with Gasteiger partial charge in [0.25, 0.3) is 0 Å². The normalized spacial score (nSPS) is 31.8. The minimum Gasteiger partial charge on any atom is -0.378 e. The standard InChI is InChI=1S/C15H28N2O2.ClH/c1-5-19-12-9-15(16,14(12,2)3)13(18)17(4)10-11-7-6-8-11;/h11-12H,5-10,16H2,1-4H3;1H. The van der Waals surface area contributed by atoms with Crippen LogP contribution in [0, 0.1) is 11.3 Å². The first-order valence-electron chi connectivity index (χ1n) is 7.49. The second-order valence-electron chi connectivity index (χ2n) is 6.82. The molecule has 0 aromatic rings. The molecule has 0 heterocycles. The Hall–Kier alpha value is -0.320. The lowest BCUT2D eigenvalue weighted by atomic mass is 9.54. The topological polar surface area (TPSA) is 55.6 Å². The maximum absolute atomic E-state index is 12.6. The van der Waals surface area contributed by atoms with Crippen LogP contribution in [0.1, 0.15) is 46.5 Å². The number of likely N-dealkylation sites (N-methyl/N-ethyl adjacent to an activating group) is 1. The van der Waals surface area contributed by atoms with Gasteiger partial charge in [0.05, 0.1) is 6.10 Å². The molecule has 0 bridgehead atoms. The molecule has 118 valence electrons. The van der Waals surface area contributed by atoms with E-state index in [1.54, 1.807) is 0 Å². The molecule has 2 aliphatic rings. The monoisotopic (exact) mass is 304 g/mol. The number of halogens is 1. The van der Waals surface area contributed by atoms with Gasteiger partial charge >= 0.3 is 0 Å². The molecule has 2 fully saturated rings. The van der Waals surface area contributed by atoms with Gasteiger partial charge in [-0.3, -0.25) is 4.79 Å². The summed E-state index contributed by atoms with van der Waals surface area (Å²) in [5.41, 5.74) is 5.37. The Morgan fingerprint density at radius 3 is 2.40 bits per heavy atom. The third kappa shape index (κ3) is 2.70. The van der Waals surface area contributed by atoms with Gasteiger partial charge in [-0.15, -0.1) is 12.4 Å². The van der Waals surface area contributed by atoms with Crippen molar-refractivity contribution in [3.05, 3.63) is 0 Å². The summed E-state index contributed by atoms with van der Waals surface area (Å²) in [6, 6.07) is 0. The van der Waals surface area contributed by atoms with E-state index in [0.29, 0.717) is 18.9 Å². The summed E-state index contributed by atoms with van der Waals surface area (Å²) in [5, 5.41) is 0. The molecule has 20 heavy (non-hydrogen) atoms. The Kier molecular flexibility index (Phi) is 5.50. The van der Waals surface area contributed by atoms with Crippen LogP contribution in [0.15, 0.2) is 0 Å². The quantitative estimate of drug-likeness (QED) is 0.847. The Labute approximate surface area is 128 Å². The molecule has 2 N–H and O–H groups in total. The molecule has 5 heteroatoms. The van der Waals surface area contributed by atoms with Crippen LogP contribution in [-0.2, 0) is 9.53 Å². The number of ether oxygens (including phenoxy) is 1. The van der Waals surface area contributed by atoms with Crippen LogP contribution in [0.25, 0.3) is 0 Å². The minimum absolute atomic E-state index is 0. The maximum Gasteiger partial charge on any atom is 0.243 e. The lowest BCUT2D eigenvalue weighted by Gasteiger charge is -2.58. The molecule has 0 aromatic carbocycles. The average molecular weight is 305 g/mol. The molecule has 2 unspecified atom stereocenters. The van der Waals surface area contributed by atoms with E-state index in [9.17, 15) is 4.79 Å².